The summed E-state index contributed by atoms with van der Waals surface area (Å²) in [6.07, 6.45) is -1.18. The average Bonchev–Trinajstić information content (AvgIpc) is 2.49. The Morgan fingerprint density at radius 3 is 2.61 bits per heavy atom. The summed E-state index contributed by atoms with van der Waals surface area (Å²) in [7, 11) is 0. The van der Waals surface area contributed by atoms with Crippen LogP contribution in [0, 0.1) is 26.6 Å². The number of rotatable bonds is 5. The molecule has 0 bridgehead atoms. The van der Waals surface area contributed by atoms with Crippen molar-refractivity contribution in [1.29, 1.82) is 0 Å². The number of aliphatic hydroxyl groups is 1. The van der Waals surface area contributed by atoms with Crippen molar-refractivity contribution in [3.05, 3.63) is 58.4 Å². The zero-order valence-electron chi connectivity index (χ0n) is 13.4. The van der Waals surface area contributed by atoms with Crippen LogP contribution >= 0.6 is 0 Å². The Bertz CT molecular complexity index is 719. The van der Waals surface area contributed by atoms with Gasteiger partial charge >= 0.3 is 0 Å². The molecule has 0 spiro atoms. The van der Waals surface area contributed by atoms with Gasteiger partial charge in [0, 0.05) is 0 Å². The second-order valence-electron chi connectivity index (χ2n) is 5.48. The highest BCUT2D eigenvalue weighted by molar-refractivity contribution is 5.76. The van der Waals surface area contributed by atoms with Gasteiger partial charge in [0.15, 0.2) is 0 Å². The van der Waals surface area contributed by atoms with E-state index in [0.717, 1.165) is 17.1 Å². The number of aromatic nitrogens is 2. The zero-order valence-corrected chi connectivity index (χ0v) is 13.4. The third kappa shape index (κ3) is 4.56. The number of aryl methyl sites for hydroxylation is 3. The van der Waals surface area contributed by atoms with Gasteiger partial charge in [-0.1, -0.05) is 12.1 Å². The number of aliphatic hydroxyl groups excluding tert-OH is 1. The van der Waals surface area contributed by atoms with E-state index in [1.807, 2.05) is 20.8 Å². The fourth-order valence-electron chi connectivity index (χ4n) is 2.19. The van der Waals surface area contributed by atoms with Crippen LogP contribution in [0.1, 0.15) is 40.9 Å². The molecule has 2 rings (SSSR count). The summed E-state index contributed by atoms with van der Waals surface area (Å²) >= 11 is 0. The second kappa shape index (κ2) is 7.28. The van der Waals surface area contributed by atoms with E-state index in [1.165, 1.54) is 18.2 Å². The molecule has 5 nitrogen and oxygen atoms in total. The fraction of sp³-hybridized carbons (Fsp3) is 0.353. The van der Waals surface area contributed by atoms with Crippen molar-refractivity contribution in [2.24, 2.45) is 0 Å². The van der Waals surface area contributed by atoms with E-state index in [2.05, 4.69) is 15.3 Å². The van der Waals surface area contributed by atoms with E-state index in [1.54, 1.807) is 6.07 Å². The van der Waals surface area contributed by atoms with Crippen LogP contribution in [0.4, 0.5) is 4.39 Å². The molecule has 1 aromatic carbocycles. The molecule has 1 unspecified atom stereocenters. The van der Waals surface area contributed by atoms with Crippen LogP contribution in [0.15, 0.2) is 24.3 Å². The lowest BCUT2D eigenvalue weighted by Crippen LogP contribution is -2.26. The molecule has 2 N–H and O–H groups in total. The first kappa shape index (κ1) is 17.0. The fourth-order valence-corrected chi connectivity index (χ4v) is 2.19. The van der Waals surface area contributed by atoms with Gasteiger partial charge in [-0.2, -0.15) is 0 Å². The van der Waals surface area contributed by atoms with Crippen molar-refractivity contribution in [3.63, 3.8) is 0 Å². The monoisotopic (exact) mass is 317 g/mol. The van der Waals surface area contributed by atoms with Gasteiger partial charge in [-0.15, -0.1) is 0 Å². The zero-order chi connectivity index (χ0) is 17.0. The van der Waals surface area contributed by atoms with Crippen LogP contribution in [-0.4, -0.2) is 21.0 Å². The smallest absolute Gasteiger partial charge is 0.223 e. The quantitative estimate of drug-likeness (QED) is 0.887. The van der Waals surface area contributed by atoms with Gasteiger partial charge in [0.2, 0.25) is 5.91 Å². The first-order valence-corrected chi connectivity index (χ1v) is 7.37. The molecule has 6 heteroatoms. The van der Waals surface area contributed by atoms with Crippen LogP contribution in [0.25, 0.3) is 0 Å². The normalized spacial score (nSPS) is 12.0. The highest BCUT2D eigenvalue weighted by Crippen LogP contribution is 2.17. The predicted molar refractivity (Wildman–Crippen MR) is 84.1 cm³/mol. The molecule has 23 heavy (non-hydrogen) atoms. The minimum Gasteiger partial charge on any atom is -0.388 e. The molecule has 2 aromatic rings. The summed E-state index contributed by atoms with van der Waals surface area (Å²) in [4.78, 5) is 20.7. The molecule has 0 aliphatic heterocycles. The summed E-state index contributed by atoms with van der Waals surface area (Å²) in [6, 6.07) is 5.59. The van der Waals surface area contributed by atoms with Crippen molar-refractivity contribution in [2.45, 2.75) is 39.8 Å². The standard InChI is InChI=1S/C17H20FN3O2/c1-10-11(2)21-15(12(3)20-10)9-19-17(23)8-16(22)13-5-4-6-14(18)7-13/h4-7,16,22H,8-9H2,1-3H3,(H,19,23). The number of hydrogen-bond acceptors (Lipinski definition) is 4. The Balaban J connectivity index is 1.94. The van der Waals surface area contributed by atoms with Crippen LogP contribution < -0.4 is 5.32 Å². The highest BCUT2D eigenvalue weighted by atomic mass is 19.1. The molecule has 1 heterocycles. The largest absolute Gasteiger partial charge is 0.388 e. The maximum Gasteiger partial charge on any atom is 0.223 e. The van der Waals surface area contributed by atoms with Crippen LogP contribution in [-0.2, 0) is 11.3 Å². The molecule has 0 saturated heterocycles. The average molecular weight is 317 g/mol. The maximum atomic E-state index is 13.1. The van der Waals surface area contributed by atoms with Gasteiger partial charge < -0.3 is 10.4 Å². The minimum atomic E-state index is -1.04. The van der Waals surface area contributed by atoms with Crippen molar-refractivity contribution in [3.8, 4) is 0 Å². The lowest BCUT2D eigenvalue weighted by molar-refractivity contribution is -0.123. The number of nitrogens with zero attached hydrogens (tertiary/aromatic N) is 2. The number of nitrogens with one attached hydrogen (secondary N) is 1. The molecule has 0 saturated carbocycles. The van der Waals surface area contributed by atoms with Crippen LogP contribution in [0.2, 0.25) is 0 Å². The van der Waals surface area contributed by atoms with Crippen molar-refractivity contribution >= 4 is 5.91 Å². The van der Waals surface area contributed by atoms with Crippen LogP contribution in [0.5, 0.6) is 0 Å². The Labute approximate surface area is 134 Å². The third-order valence-electron chi connectivity index (χ3n) is 3.64. The SMILES string of the molecule is Cc1nc(C)c(CNC(=O)CC(O)c2cccc(F)c2)nc1C. The van der Waals surface area contributed by atoms with E-state index in [9.17, 15) is 14.3 Å². The molecule has 0 aliphatic carbocycles. The summed E-state index contributed by atoms with van der Waals surface area (Å²) in [5.74, 6) is -0.774. The Morgan fingerprint density at radius 1 is 1.22 bits per heavy atom. The van der Waals surface area contributed by atoms with Crippen molar-refractivity contribution < 1.29 is 14.3 Å². The highest BCUT2D eigenvalue weighted by Gasteiger charge is 2.14. The van der Waals surface area contributed by atoms with E-state index >= 15 is 0 Å². The lowest BCUT2D eigenvalue weighted by Gasteiger charge is -2.12. The minimum absolute atomic E-state index is 0.138. The first-order valence-electron chi connectivity index (χ1n) is 7.37. The number of amides is 1. The van der Waals surface area contributed by atoms with Crippen molar-refractivity contribution in [2.75, 3.05) is 0 Å². The molecule has 1 atom stereocenters. The number of hydrogen-bond donors (Lipinski definition) is 2. The molecule has 0 fully saturated rings. The van der Waals surface area contributed by atoms with E-state index < -0.39 is 11.9 Å². The lowest BCUT2D eigenvalue weighted by atomic mass is 10.1. The van der Waals surface area contributed by atoms with Gasteiger partial charge in [0.05, 0.1) is 41.8 Å². The molecular weight excluding hydrogens is 297 g/mol. The third-order valence-corrected chi connectivity index (χ3v) is 3.64. The van der Waals surface area contributed by atoms with E-state index in [0.29, 0.717) is 11.3 Å². The van der Waals surface area contributed by atoms with Crippen molar-refractivity contribution in [1.82, 2.24) is 15.3 Å². The summed E-state index contributed by atoms with van der Waals surface area (Å²) in [5.41, 5.74) is 3.52. The summed E-state index contributed by atoms with van der Waals surface area (Å²) in [6.45, 7) is 5.82. The Hall–Kier alpha value is -2.34. The number of carbonyl (C=O) groups is 1. The topological polar surface area (TPSA) is 75.1 Å². The van der Waals surface area contributed by atoms with Gasteiger partial charge in [-0.05, 0) is 38.5 Å². The van der Waals surface area contributed by atoms with E-state index in [-0.39, 0.29) is 18.9 Å². The van der Waals surface area contributed by atoms with Crippen LogP contribution in [0.3, 0.4) is 0 Å². The molecule has 0 radical (unpaired) electrons. The molecule has 122 valence electrons. The maximum absolute atomic E-state index is 13.1. The van der Waals surface area contributed by atoms with Gasteiger partial charge in [-0.25, -0.2) is 4.39 Å². The molecule has 0 aliphatic rings. The van der Waals surface area contributed by atoms with Gasteiger partial charge in [0.25, 0.3) is 0 Å². The Kier molecular flexibility index (Phi) is 5.39. The first-order chi connectivity index (χ1) is 10.9. The Morgan fingerprint density at radius 2 is 1.91 bits per heavy atom. The molecular formula is C17H20FN3O2. The van der Waals surface area contributed by atoms with Gasteiger partial charge in [-0.3, -0.25) is 14.8 Å². The number of benzene rings is 1. The number of carbonyl (C=O) groups excluding carboxylic acids is 1. The molecule has 1 amide bonds. The summed E-state index contributed by atoms with van der Waals surface area (Å²) < 4.78 is 13.1. The van der Waals surface area contributed by atoms with E-state index in [4.69, 9.17) is 0 Å². The summed E-state index contributed by atoms with van der Waals surface area (Å²) in [5, 5.41) is 12.7. The molecule has 1 aromatic heterocycles. The second-order valence-corrected chi connectivity index (χ2v) is 5.48. The van der Waals surface area contributed by atoms with Gasteiger partial charge in [0.1, 0.15) is 5.82 Å². The number of halogens is 1. The predicted octanol–water partition coefficient (Wildman–Crippen LogP) is 2.28.